The maximum absolute atomic E-state index is 12.8. The lowest BCUT2D eigenvalue weighted by Crippen LogP contribution is -2.25. The number of furan rings is 2. The van der Waals surface area contributed by atoms with E-state index in [9.17, 15) is 4.79 Å². The summed E-state index contributed by atoms with van der Waals surface area (Å²) in [6.45, 7) is 2.10. The van der Waals surface area contributed by atoms with Crippen LogP contribution in [0.4, 0.5) is 0 Å². The zero-order valence-electron chi connectivity index (χ0n) is 14.8. The van der Waals surface area contributed by atoms with Crippen molar-refractivity contribution < 1.29 is 13.6 Å². The lowest BCUT2D eigenvalue weighted by atomic mass is 10.2. The van der Waals surface area contributed by atoms with Gasteiger partial charge in [0, 0.05) is 6.07 Å². The van der Waals surface area contributed by atoms with E-state index >= 15 is 0 Å². The van der Waals surface area contributed by atoms with E-state index in [1.54, 1.807) is 48.7 Å². The first-order valence-corrected chi connectivity index (χ1v) is 9.20. The van der Waals surface area contributed by atoms with Crippen LogP contribution in [0.2, 0.25) is 10.0 Å². The summed E-state index contributed by atoms with van der Waals surface area (Å²) in [5, 5.41) is 8.15. The van der Waals surface area contributed by atoms with Crippen LogP contribution in [0, 0.1) is 6.92 Å². The van der Waals surface area contributed by atoms with Gasteiger partial charge < -0.3 is 14.2 Å². The van der Waals surface area contributed by atoms with Gasteiger partial charge in [0.2, 0.25) is 0 Å². The highest BCUT2D eigenvalue weighted by atomic mass is 35.5. The van der Waals surface area contributed by atoms with Gasteiger partial charge >= 0.3 is 0 Å². The molecule has 0 saturated heterocycles. The highest BCUT2D eigenvalue weighted by molar-refractivity contribution is 6.42. The third-order valence-corrected chi connectivity index (χ3v) is 4.82. The van der Waals surface area contributed by atoms with Crippen molar-refractivity contribution in [1.29, 1.82) is 0 Å². The molecule has 0 unspecified atom stereocenters. The smallest absolute Gasteiger partial charge is 0.270 e. The lowest BCUT2D eigenvalue weighted by Gasteiger charge is -2.08. The van der Waals surface area contributed by atoms with Crippen LogP contribution in [0.15, 0.2) is 63.6 Å². The minimum atomic E-state index is -0.315. The number of rotatable bonds is 5. The topological polar surface area (TPSA) is 73.2 Å². The minimum absolute atomic E-state index is 0.258. The SMILES string of the molecule is Cc1ccc(-c2cc(C(=O)NCc3ccco3)n(-c3ccc(Cl)c(Cl)c3)n2)o1. The molecule has 0 aliphatic heterocycles. The summed E-state index contributed by atoms with van der Waals surface area (Å²) in [5.41, 5.74) is 1.46. The van der Waals surface area contributed by atoms with Crippen LogP contribution < -0.4 is 5.32 Å². The Labute approximate surface area is 170 Å². The molecule has 142 valence electrons. The summed E-state index contributed by atoms with van der Waals surface area (Å²) >= 11 is 12.2. The van der Waals surface area contributed by atoms with Crippen LogP contribution in [-0.2, 0) is 6.54 Å². The Morgan fingerprint density at radius 1 is 1.14 bits per heavy atom. The number of nitrogens with one attached hydrogen (secondary N) is 1. The number of hydrogen-bond acceptors (Lipinski definition) is 4. The molecule has 4 rings (SSSR count). The zero-order chi connectivity index (χ0) is 19.7. The van der Waals surface area contributed by atoms with Gasteiger partial charge in [-0.3, -0.25) is 4.79 Å². The van der Waals surface area contributed by atoms with Gasteiger partial charge in [-0.2, -0.15) is 5.10 Å². The fourth-order valence-electron chi connectivity index (χ4n) is 2.72. The maximum atomic E-state index is 12.8. The molecule has 1 aromatic carbocycles. The number of aryl methyl sites for hydroxylation is 1. The number of amides is 1. The zero-order valence-corrected chi connectivity index (χ0v) is 16.3. The first-order chi connectivity index (χ1) is 13.5. The molecule has 0 radical (unpaired) electrons. The van der Waals surface area contributed by atoms with E-state index in [1.165, 1.54) is 4.68 Å². The molecular formula is C20H15Cl2N3O3. The van der Waals surface area contributed by atoms with Crippen LogP contribution in [0.3, 0.4) is 0 Å². The third kappa shape index (κ3) is 3.69. The van der Waals surface area contributed by atoms with Crippen molar-refractivity contribution in [2.45, 2.75) is 13.5 Å². The van der Waals surface area contributed by atoms with Gasteiger partial charge in [-0.25, -0.2) is 4.68 Å². The highest BCUT2D eigenvalue weighted by Gasteiger charge is 2.20. The van der Waals surface area contributed by atoms with Crippen LogP contribution >= 0.6 is 23.2 Å². The Balaban J connectivity index is 1.72. The van der Waals surface area contributed by atoms with E-state index in [2.05, 4.69) is 10.4 Å². The Hall–Kier alpha value is -2.96. The molecule has 1 N–H and O–H groups in total. The van der Waals surface area contributed by atoms with Gasteiger partial charge in [-0.15, -0.1) is 0 Å². The second kappa shape index (κ2) is 7.58. The molecule has 3 heterocycles. The average Bonchev–Trinajstić information content (AvgIpc) is 3.42. The van der Waals surface area contributed by atoms with E-state index in [-0.39, 0.29) is 12.5 Å². The first-order valence-electron chi connectivity index (χ1n) is 8.44. The predicted molar refractivity (Wildman–Crippen MR) is 106 cm³/mol. The van der Waals surface area contributed by atoms with Crippen molar-refractivity contribution in [3.05, 3.63) is 82.1 Å². The molecule has 8 heteroatoms. The van der Waals surface area contributed by atoms with Crippen molar-refractivity contribution in [3.8, 4) is 17.1 Å². The monoisotopic (exact) mass is 415 g/mol. The molecule has 6 nitrogen and oxygen atoms in total. The molecule has 0 atom stereocenters. The van der Waals surface area contributed by atoms with Crippen molar-refractivity contribution >= 4 is 29.1 Å². The molecule has 0 saturated carbocycles. The number of halogens is 2. The molecule has 4 aromatic rings. The molecule has 0 aliphatic rings. The quantitative estimate of drug-likeness (QED) is 0.481. The average molecular weight is 416 g/mol. The second-order valence-corrected chi connectivity index (χ2v) is 6.91. The fourth-order valence-corrected chi connectivity index (χ4v) is 3.01. The first kappa shape index (κ1) is 18.4. The normalized spacial score (nSPS) is 11.0. The Morgan fingerprint density at radius 3 is 2.68 bits per heavy atom. The van der Waals surface area contributed by atoms with Gasteiger partial charge in [0.1, 0.15) is 22.9 Å². The molecule has 0 fully saturated rings. The van der Waals surface area contributed by atoms with E-state index in [4.69, 9.17) is 32.0 Å². The third-order valence-electron chi connectivity index (χ3n) is 4.09. The summed E-state index contributed by atoms with van der Waals surface area (Å²) in [6.07, 6.45) is 1.55. The minimum Gasteiger partial charge on any atom is -0.467 e. The van der Waals surface area contributed by atoms with Gasteiger partial charge in [0.15, 0.2) is 5.76 Å². The second-order valence-electron chi connectivity index (χ2n) is 6.10. The molecule has 1 amide bonds. The van der Waals surface area contributed by atoms with Gasteiger partial charge in [0.05, 0.1) is 28.5 Å². The van der Waals surface area contributed by atoms with Crippen molar-refractivity contribution in [2.24, 2.45) is 0 Å². The molecule has 0 spiro atoms. The van der Waals surface area contributed by atoms with Gasteiger partial charge in [-0.05, 0) is 49.4 Å². The summed E-state index contributed by atoms with van der Waals surface area (Å²) < 4.78 is 12.4. The number of aromatic nitrogens is 2. The summed E-state index contributed by atoms with van der Waals surface area (Å²) in [6, 6.07) is 13.9. The molecule has 3 aromatic heterocycles. The molecular weight excluding hydrogens is 401 g/mol. The maximum Gasteiger partial charge on any atom is 0.270 e. The standard InChI is InChI=1S/C20H15Cl2N3O3/c1-12-4-7-19(28-12)17-10-18(20(26)23-11-14-3-2-8-27-14)25(24-17)13-5-6-15(21)16(22)9-13/h2-10H,11H2,1H3,(H,23,26). The number of hydrogen-bond donors (Lipinski definition) is 1. The van der Waals surface area contributed by atoms with Crippen molar-refractivity contribution in [2.75, 3.05) is 0 Å². The number of carbonyl (C=O) groups excluding carboxylic acids is 1. The van der Waals surface area contributed by atoms with Crippen LogP contribution in [0.5, 0.6) is 0 Å². The number of benzene rings is 1. The summed E-state index contributed by atoms with van der Waals surface area (Å²) in [5.74, 6) is 1.65. The van der Waals surface area contributed by atoms with E-state index < -0.39 is 0 Å². The molecule has 28 heavy (non-hydrogen) atoms. The number of nitrogens with zero attached hydrogens (tertiary/aromatic N) is 2. The summed E-state index contributed by atoms with van der Waals surface area (Å²) in [7, 11) is 0. The van der Waals surface area contributed by atoms with Crippen molar-refractivity contribution in [3.63, 3.8) is 0 Å². The van der Waals surface area contributed by atoms with Crippen LogP contribution in [-0.4, -0.2) is 15.7 Å². The highest BCUT2D eigenvalue weighted by Crippen LogP contribution is 2.27. The van der Waals surface area contributed by atoms with Crippen molar-refractivity contribution in [1.82, 2.24) is 15.1 Å². The predicted octanol–water partition coefficient (Wildman–Crippen LogP) is 5.27. The summed E-state index contributed by atoms with van der Waals surface area (Å²) in [4.78, 5) is 12.8. The lowest BCUT2D eigenvalue weighted by molar-refractivity contribution is 0.0940. The largest absolute Gasteiger partial charge is 0.467 e. The van der Waals surface area contributed by atoms with E-state index in [0.717, 1.165) is 5.76 Å². The Bertz CT molecular complexity index is 1130. The van der Waals surface area contributed by atoms with E-state index in [0.29, 0.717) is 38.6 Å². The van der Waals surface area contributed by atoms with Gasteiger partial charge in [0.25, 0.3) is 5.91 Å². The van der Waals surface area contributed by atoms with Crippen LogP contribution in [0.1, 0.15) is 22.0 Å². The molecule has 0 bridgehead atoms. The fraction of sp³-hybridized carbons (Fsp3) is 0.100. The molecule has 0 aliphatic carbocycles. The number of carbonyl (C=O) groups is 1. The van der Waals surface area contributed by atoms with Gasteiger partial charge in [-0.1, -0.05) is 23.2 Å². The Kier molecular flexibility index (Phi) is 4.98. The Morgan fingerprint density at radius 2 is 2.00 bits per heavy atom. The van der Waals surface area contributed by atoms with Crippen LogP contribution in [0.25, 0.3) is 17.1 Å². The van der Waals surface area contributed by atoms with E-state index in [1.807, 2.05) is 13.0 Å².